The van der Waals surface area contributed by atoms with Crippen LogP contribution < -0.4 is 0 Å². The van der Waals surface area contributed by atoms with Crippen molar-refractivity contribution in [2.45, 2.75) is 0 Å². The number of nitrogens with zero attached hydrogens (tertiary/aromatic N) is 1. The lowest BCUT2D eigenvalue weighted by molar-refractivity contribution is 0.0697. The van der Waals surface area contributed by atoms with Gasteiger partial charge < -0.3 is 5.11 Å². The number of carbonyl (C=O) groups is 1. The number of hydrogen-bond donors (Lipinski definition) is 1. The third kappa shape index (κ3) is 2.15. The SMILES string of the molecule is O=C(O)c1ccc2nc(-c3csc(I)c3)sc2c1. The largest absolute Gasteiger partial charge is 0.478 e. The summed E-state index contributed by atoms with van der Waals surface area (Å²) >= 11 is 5.48. The van der Waals surface area contributed by atoms with Gasteiger partial charge in [0.15, 0.2) is 0 Å². The van der Waals surface area contributed by atoms with Crippen LogP contribution in [-0.4, -0.2) is 16.1 Å². The maximum atomic E-state index is 10.9. The number of rotatable bonds is 2. The lowest BCUT2D eigenvalue weighted by Gasteiger charge is -1.91. The van der Waals surface area contributed by atoms with E-state index in [9.17, 15) is 4.79 Å². The Morgan fingerprint density at radius 1 is 1.33 bits per heavy atom. The second kappa shape index (κ2) is 4.60. The summed E-state index contributed by atoms with van der Waals surface area (Å²) in [7, 11) is 0. The number of benzene rings is 1. The minimum Gasteiger partial charge on any atom is -0.478 e. The molecule has 0 amide bonds. The van der Waals surface area contributed by atoms with Crippen molar-refractivity contribution in [2.24, 2.45) is 0 Å². The first-order valence-electron chi connectivity index (χ1n) is 5.02. The van der Waals surface area contributed by atoms with E-state index < -0.39 is 5.97 Å². The molecule has 0 fully saturated rings. The monoisotopic (exact) mass is 387 g/mol. The molecule has 3 nitrogen and oxygen atoms in total. The molecule has 2 aromatic heterocycles. The molecule has 0 aliphatic rings. The Balaban J connectivity index is 2.13. The fourth-order valence-electron chi connectivity index (χ4n) is 1.60. The number of aromatic nitrogens is 1. The molecule has 0 unspecified atom stereocenters. The van der Waals surface area contributed by atoms with Crippen LogP contribution in [0.4, 0.5) is 0 Å². The Kier molecular flexibility index (Phi) is 3.08. The number of aromatic carboxylic acids is 1. The molecule has 6 heteroatoms. The molecular weight excluding hydrogens is 381 g/mol. The van der Waals surface area contributed by atoms with E-state index in [0.29, 0.717) is 5.56 Å². The highest BCUT2D eigenvalue weighted by molar-refractivity contribution is 14.1. The molecule has 3 rings (SSSR count). The summed E-state index contributed by atoms with van der Waals surface area (Å²) in [6, 6.07) is 7.11. The van der Waals surface area contributed by atoms with E-state index in [1.807, 2.05) is 0 Å². The third-order valence-corrected chi connectivity index (χ3v) is 5.31. The van der Waals surface area contributed by atoms with Crippen molar-refractivity contribution in [3.8, 4) is 10.6 Å². The summed E-state index contributed by atoms with van der Waals surface area (Å²) in [6.45, 7) is 0. The van der Waals surface area contributed by atoms with Crippen molar-refractivity contribution >= 4 is 61.5 Å². The van der Waals surface area contributed by atoms with Gasteiger partial charge >= 0.3 is 5.97 Å². The zero-order valence-electron chi connectivity index (χ0n) is 8.88. The average molecular weight is 387 g/mol. The van der Waals surface area contributed by atoms with Crippen LogP contribution in [-0.2, 0) is 0 Å². The fraction of sp³-hybridized carbons (Fsp3) is 0. The fourth-order valence-corrected chi connectivity index (χ4v) is 4.00. The number of thiazole rings is 1. The van der Waals surface area contributed by atoms with Crippen molar-refractivity contribution in [1.29, 1.82) is 0 Å². The molecule has 0 aliphatic carbocycles. The first-order valence-corrected chi connectivity index (χ1v) is 7.79. The van der Waals surface area contributed by atoms with Gasteiger partial charge in [-0.05, 0) is 46.9 Å². The van der Waals surface area contributed by atoms with Crippen LogP contribution in [0.5, 0.6) is 0 Å². The molecule has 0 radical (unpaired) electrons. The van der Waals surface area contributed by atoms with E-state index in [4.69, 9.17) is 5.11 Å². The molecule has 18 heavy (non-hydrogen) atoms. The van der Waals surface area contributed by atoms with Crippen molar-refractivity contribution in [1.82, 2.24) is 4.98 Å². The third-order valence-electron chi connectivity index (χ3n) is 2.45. The Labute approximate surface area is 124 Å². The number of fused-ring (bicyclic) bond motifs is 1. The van der Waals surface area contributed by atoms with Crippen LogP contribution in [0.3, 0.4) is 0 Å². The number of carboxylic acid groups (broad SMARTS) is 1. The number of thiophene rings is 1. The topological polar surface area (TPSA) is 50.2 Å². The van der Waals surface area contributed by atoms with Crippen LogP contribution >= 0.6 is 45.3 Å². The zero-order chi connectivity index (χ0) is 12.7. The van der Waals surface area contributed by atoms with Crippen molar-refractivity contribution < 1.29 is 9.90 Å². The van der Waals surface area contributed by atoms with Crippen LogP contribution in [0.2, 0.25) is 0 Å². The summed E-state index contributed by atoms with van der Waals surface area (Å²) in [4.78, 5) is 15.4. The lowest BCUT2D eigenvalue weighted by atomic mass is 10.2. The molecule has 0 saturated carbocycles. The van der Waals surface area contributed by atoms with E-state index in [1.54, 1.807) is 29.5 Å². The molecule has 0 bridgehead atoms. The molecule has 0 atom stereocenters. The van der Waals surface area contributed by atoms with Crippen LogP contribution in [0.15, 0.2) is 29.6 Å². The van der Waals surface area contributed by atoms with Crippen LogP contribution in [0.25, 0.3) is 20.8 Å². The highest BCUT2D eigenvalue weighted by Gasteiger charge is 2.10. The number of halogens is 1. The van der Waals surface area contributed by atoms with Crippen molar-refractivity contribution in [3.63, 3.8) is 0 Å². The molecule has 1 N–H and O–H groups in total. The van der Waals surface area contributed by atoms with Gasteiger partial charge in [-0.15, -0.1) is 22.7 Å². The summed E-state index contributed by atoms with van der Waals surface area (Å²) in [5.74, 6) is -0.906. The van der Waals surface area contributed by atoms with Gasteiger partial charge in [0.05, 0.1) is 18.7 Å². The van der Waals surface area contributed by atoms with Gasteiger partial charge in [0, 0.05) is 10.9 Å². The molecule has 0 spiro atoms. The molecule has 2 heterocycles. The molecule has 1 aromatic carbocycles. The highest BCUT2D eigenvalue weighted by Crippen LogP contribution is 2.33. The van der Waals surface area contributed by atoms with Crippen LogP contribution in [0, 0.1) is 2.88 Å². The quantitative estimate of drug-likeness (QED) is 0.666. The molecule has 0 saturated heterocycles. The first kappa shape index (κ1) is 12.1. The van der Waals surface area contributed by atoms with E-state index in [1.165, 1.54) is 14.2 Å². The second-order valence-corrected chi connectivity index (χ2v) is 7.48. The standard InChI is InChI=1S/C12H6INO2S2/c13-10-4-7(5-17-10)11-14-8-2-1-6(12(15)16)3-9(8)18-11/h1-5H,(H,15,16). The number of hydrogen-bond acceptors (Lipinski definition) is 4. The average Bonchev–Trinajstić information content (AvgIpc) is 2.93. The van der Waals surface area contributed by atoms with E-state index in [0.717, 1.165) is 20.8 Å². The van der Waals surface area contributed by atoms with Crippen molar-refractivity contribution in [2.75, 3.05) is 0 Å². The van der Waals surface area contributed by atoms with E-state index in [-0.39, 0.29) is 0 Å². The summed E-state index contributed by atoms with van der Waals surface area (Å²) in [5.41, 5.74) is 2.25. The Bertz CT molecular complexity index is 747. The van der Waals surface area contributed by atoms with Gasteiger partial charge in [0.1, 0.15) is 5.01 Å². The van der Waals surface area contributed by atoms with Gasteiger partial charge in [-0.2, -0.15) is 0 Å². The predicted molar refractivity (Wildman–Crippen MR) is 82.6 cm³/mol. The maximum absolute atomic E-state index is 10.9. The predicted octanol–water partition coefficient (Wildman–Crippen LogP) is 4.33. The van der Waals surface area contributed by atoms with E-state index >= 15 is 0 Å². The molecule has 0 aliphatic heterocycles. The summed E-state index contributed by atoms with van der Waals surface area (Å²) in [6.07, 6.45) is 0. The van der Waals surface area contributed by atoms with Gasteiger partial charge in [-0.3, -0.25) is 0 Å². The van der Waals surface area contributed by atoms with Crippen molar-refractivity contribution in [3.05, 3.63) is 38.1 Å². The Morgan fingerprint density at radius 2 is 2.17 bits per heavy atom. The summed E-state index contributed by atoms with van der Waals surface area (Å²) < 4.78 is 2.12. The minimum absolute atomic E-state index is 0.303. The zero-order valence-corrected chi connectivity index (χ0v) is 12.7. The Hall–Kier alpha value is -0.990. The number of carboxylic acids is 1. The first-order chi connectivity index (χ1) is 8.63. The minimum atomic E-state index is -0.906. The molecular formula is C12H6INO2S2. The van der Waals surface area contributed by atoms with E-state index in [2.05, 4.69) is 39.0 Å². The maximum Gasteiger partial charge on any atom is 0.335 e. The normalized spacial score (nSPS) is 10.9. The van der Waals surface area contributed by atoms with Gasteiger partial charge in [0.25, 0.3) is 0 Å². The van der Waals surface area contributed by atoms with Gasteiger partial charge in [0.2, 0.25) is 0 Å². The summed E-state index contributed by atoms with van der Waals surface area (Å²) in [5, 5.41) is 12.0. The molecule has 3 aromatic rings. The smallest absolute Gasteiger partial charge is 0.335 e. The van der Waals surface area contributed by atoms with Gasteiger partial charge in [-0.1, -0.05) is 0 Å². The van der Waals surface area contributed by atoms with Crippen LogP contribution in [0.1, 0.15) is 10.4 Å². The Morgan fingerprint density at radius 3 is 2.83 bits per heavy atom. The second-order valence-electron chi connectivity index (χ2n) is 3.65. The molecule has 90 valence electrons. The lowest BCUT2D eigenvalue weighted by Crippen LogP contribution is -1.94. The van der Waals surface area contributed by atoms with Gasteiger partial charge in [-0.25, -0.2) is 9.78 Å². The highest BCUT2D eigenvalue weighted by atomic mass is 127.